The molecule has 1 rings (SSSR count). The number of rotatable bonds is 3. The molecule has 16 heavy (non-hydrogen) atoms. The molecule has 1 aromatic carbocycles. The molecule has 0 bridgehead atoms. The van der Waals surface area contributed by atoms with Crippen LogP contribution in [0.4, 0.5) is 17.1 Å². The van der Waals surface area contributed by atoms with Gasteiger partial charge in [0, 0.05) is 6.07 Å². The maximum Gasteiger partial charge on any atom is 0.360 e. The summed E-state index contributed by atoms with van der Waals surface area (Å²) in [7, 11) is 0. The minimum Gasteiger partial charge on any atom is -0.258 e. The predicted octanol–water partition coefficient (Wildman–Crippen LogP) is 2.17. The average Bonchev–Trinajstić information content (AvgIpc) is 2.15. The Kier molecular flexibility index (Phi) is 3.13. The lowest BCUT2D eigenvalue weighted by atomic mass is 10.2. The Labute approximate surface area is 95.3 Å². The molecule has 0 saturated heterocycles. The first-order valence-corrected chi connectivity index (χ1v) is 4.40. The number of non-ortho nitro benzene ring substituents is 1. The molecular formula is C6H2BrN3O6. The standard InChI is InChI=1S/C6H2BrN3O6/c7-4-1-3(8(11)12)2-5(9(13)14)6(4)10(15)16/h1-2H. The van der Waals surface area contributed by atoms with E-state index < -0.39 is 31.8 Å². The van der Waals surface area contributed by atoms with Crippen molar-refractivity contribution >= 4 is 33.0 Å². The molecule has 0 aliphatic carbocycles. The van der Waals surface area contributed by atoms with Crippen LogP contribution in [0.5, 0.6) is 0 Å². The third-order valence-electron chi connectivity index (χ3n) is 1.62. The van der Waals surface area contributed by atoms with Crippen molar-refractivity contribution in [1.29, 1.82) is 0 Å². The summed E-state index contributed by atoms with van der Waals surface area (Å²) in [4.78, 5) is 28.5. The van der Waals surface area contributed by atoms with Crippen LogP contribution in [0.1, 0.15) is 0 Å². The van der Waals surface area contributed by atoms with E-state index in [2.05, 4.69) is 15.9 Å². The van der Waals surface area contributed by atoms with Crippen molar-refractivity contribution in [3.63, 3.8) is 0 Å². The predicted molar refractivity (Wildman–Crippen MR) is 54.1 cm³/mol. The first-order valence-electron chi connectivity index (χ1n) is 3.61. The van der Waals surface area contributed by atoms with E-state index >= 15 is 0 Å². The molecule has 0 aliphatic heterocycles. The second-order valence-electron chi connectivity index (χ2n) is 2.57. The van der Waals surface area contributed by atoms with Gasteiger partial charge >= 0.3 is 11.4 Å². The van der Waals surface area contributed by atoms with Gasteiger partial charge in [-0.25, -0.2) is 0 Å². The minimum absolute atomic E-state index is 0.307. The van der Waals surface area contributed by atoms with Crippen molar-refractivity contribution in [2.75, 3.05) is 0 Å². The summed E-state index contributed by atoms with van der Waals surface area (Å²) in [6.07, 6.45) is 0. The summed E-state index contributed by atoms with van der Waals surface area (Å²) in [5.74, 6) is 0. The van der Waals surface area contributed by atoms with E-state index in [1.807, 2.05) is 0 Å². The van der Waals surface area contributed by atoms with E-state index in [1.165, 1.54) is 0 Å². The van der Waals surface area contributed by atoms with E-state index in [9.17, 15) is 30.3 Å². The van der Waals surface area contributed by atoms with E-state index in [-0.39, 0.29) is 4.47 Å². The Bertz CT molecular complexity index is 501. The van der Waals surface area contributed by atoms with Crippen molar-refractivity contribution in [3.8, 4) is 0 Å². The molecule has 0 aliphatic rings. The quantitative estimate of drug-likeness (QED) is 0.619. The zero-order valence-electron chi connectivity index (χ0n) is 7.32. The molecule has 0 amide bonds. The van der Waals surface area contributed by atoms with Gasteiger partial charge in [0.15, 0.2) is 0 Å². The van der Waals surface area contributed by atoms with Gasteiger partial charge in [-0.05, 0) is 15.9 Å². The first kappa shape index (κ1) is 12.0. The maximum atomic E-state index is 10.5. The Morgan fingerprint density at radius 2 is 1.50 bits per heavy atom. The summed E-state index contributed by atoms with van der Waals surface area (Å²) in [6, 6.07) is 1.38. The lowest BCUT2D eigenvalue weighted by Crippen LogP contribution is -1.99. The largest absolute Gasteiger partial charge is 0.360 e. The zero-order chi connectivity index (χ0) is 12.5. The average molecular weight is 292 g/mol. The van der Waals surface area contributed by atoms with Crippen molar-refractivity contribution in [3.05, 3.63) is 46.9 Å². The molecule has 0 aromatic heterocycles. The lowest BCUT2D eigenvalue weighted by molar-refractivity contribution is -0.425. The van der Waals surface area contributed by atoms with Gasteiger partial charge in [0.25, 0.3) is 5.69 Å². The van der Waals surface area contributed by atoms with E-state index in [4.69, 9.17) is 0 Å². The van der Waals surface area contributed by atoms with Gasteiger partial charge in [-0.3, -0.25) is 30.3 Å². The molecule has 0 unspecified atom stereocenters. The van der Waals surface area contributed by atoms with E-state index in [0.717, 1.165) is 6.07 Å². The molecule has 84 valence electrons. The molecule has 0 atom stereocenters. The van der Waals surface area contributed by atoms with Crippen LogP contribution < -0.4 is 0 Å². The summed E-state index contributed by atoms with van der Waals surface area (Å²) in [5.41, 5.74) is -2.33. The monoisotopic (exact) mass is 291 g/mol. The Balaban J connectivity index is 3.58. The molecular weight excluding hydrogens is 290 g/mol. The van der Waals surface area contributed by atoms with E-state index in [0.29, 0.717) is 6.07 Å². The highest BCUT2D eigenvalue weighted by atomic mass is 79.9. The number of nitro benzene ring substituents is 3. The molecule has 1 aromatic rings. The number of halogens is 1. The van der Waals surface area contributed by atoms with Crippen LogP contribution in [0.2, 0.25) is 0 Å². The number of hydrogen-bond acceptors (Lipinski definition) is 6. The van der Waals surface area contributed by atoms with Crippen molar-refractivity contribution < 1.29 is 14.8 Å². The van der Waals surface area contributed by atoms with Crippen LogP contribution in [0, 0.1) is 30.3 Å². The Morgan fingerprint density at radius 1 is 0.938 bits per heavy atom. The summed E-state index contributed by atoms with van der Waals surface area (Å²) >= 11 is 2.68. The van der Waals surface area contributed by atoms with Crippen molar-refractivity contribution in [2.45, 2.75) is 0 Å². The molecule has 0 heterocycles. The Morgan fingerprint density at radius 3 is 1.88 bits per heavy atom. The number of nitro groups is 3. The van der Waals surface area contributed by atoms with Crippen LogP contribution in [-0.4, -0.2) is 14.8 Å². The van der Waals surface area contributed by atoms with Crippen molar-refractivity contribution in [1.82, 2.24) is 0 Å². The fourth-order valence-electron chi connectivity index (χ4n) is 0.996. The van der Waals surface area contributed by atoms with Crippen LogP contribution in [0.15, 0.2) is 16.6 Å². The molecule has 10 heteroatoms. The third kappa shape index (κ3) is 2.11. The third-order valence-corrected chi connectivity index (χ3v) is 2.22. The highest BCUT2D eigenvalue weighted by molar-refractivity contribution is 9.10. The summed E-state index contributed by atoms with van der Waals surface area (Å²) in [5, 5.41) is 31.4. The highest BCUT2D eigenvalue weighted by Crippen LogP contribution is 2.37. The van der Waals surface area contributed by atoms with Gasteiger partial charge in [-0.1, -0.05) is 0 Å². The van der Waals surface area contributed by atoms with Gasteiger partial charge in [-0.2, -0.15) is 0 Å². The molecule has 0 fully saturated rings. The number of nitrogens with zero attached hydrogens (tertiary/aromatic N) is 3. The van der Waals surface area contributed by atoms with Crippen LogP contribution in [0.3, 0.4) is 0 Å². The molecule has 0 N–H and O–H groups in total. The molecule has 0 spiro atoms. The van der Waals surface area contributed by atoms with Crippen LogP contribution in [0.25, 0.3) is 0 Å². The van der Waals surface area contributed by atoms with Crippen LogP contribution in [-0.2, 0) is 0 Å². The first-order chi connectivity index (χ1) is 7.34. The normalized spacial score (nSPS) is 9.81. The fraction of sp³-hybridized carbons (Fsp3) is 0. The van der Waals surface area contributed by atoms with Crippen molar-refractivity contribution in [2.24, 2.45) is 0 Å². The second kappa shape index (κ2) is 4.18. The summed E-state index contributed by atoms with van der Waals surface area (Å²) in [6.45, 7) is 0. The van der Waals surface area contributed by atoms with E-state index in [1.54, 1.807) is 0 Å². The van der Waals surface area contributed by atoms with Gasteiger partial charge < -0.3 is 0 Å². The zero-order valence-corrected chi connectivity index (χ0v) is 8.91. The SMILES string of the molecule is O=[N+]([O-])c1cc(Br)c([N+](=O)[O-])c([N+](=O)[O-])c1. The molecule has 9 nitrogen and oxygen atoms in total. The lowest BCUT2D eigenvalue weighted by Gasteiger charge is -1.97. The molecule has 0 saturated carbocycles. The van der Waals surface area contributed by atoms with Crippen LogP contribution >= 0.6 is 15.9 Å². The Hall–Kier alpha value is -2.10. The highest BCUT2D eigenvalue weighted by Gasteiger charge is 2.31. The molecule has 0 radical (unpaired) electrons. The fourth-order valence-corrected chi connectivity index (χ4v) is 1.58. The summed E-state index contributed by atoms with van der Waals surface area (Å²) < 4.78 is -0.307. The second-order valence-corrected chi connectivity index (χ2v) is 3.42. The van der Waals surface area contributed by atoms with Gasteiger partial charge in [0.05, 0.1) is 14.8 Å². The van der Waals surface area contributed by atoms with Gasteiger partial charge in [-0.15, -0.1) is 0 Å². The van der Waals surface area contributed by atoms with Gasteiger partial charge in [0.1, 0.15) is 10.5 Å². The topological polar surface area (TPSA) is 129 Å². The van der Waals surface area contributed by atoms with Gasteiger partial charge in [0.2, 0.25) is 0 Å². The number of hydrogen-bond donors (Lipinski definition) is 0. The maximum absolute atomic E-state index is 10.5. The minimum atomic E-state index is -1.05. The smallest absolute Gasteiger partial charge is 0.258 e. The number of benzene rings is 1.